The topological polar surface area (TPSA) is 56.1 Å². The van der Waals surface area contributed by atoms with Crippen molar-refractivity contribution in [2.75, 3.05) is 13.7 Å². The number of aromatic nitrogens is 2. The van der Waals surface area contributed by atoms with Crippen molar-refractivity contribution < 1.29 is 13.9 Å². The van der Waals surface area contributed by atoms with Crippen LogP contribution in [-0.2, 0) is 11.8 Å². The van der Waals surface area contributed by atoms with E-state index in [-0.39, 0.29) is 24.4 Å². The Morgan fingerprint density at radius 1 is 1.26 bits per heavy atom. The van der Waals surface area contributed by atoms with Crippen molar-refractivity contribution in [3.05, 3.63) is 76.7 Å². The smallest absolute Gasteiger partial charge is 0.269 e. The minimum Gasteiger partial charge on any atom is -0.375 e. The normalized spacial score (nSPS) is 12.0. The van der Waals surface area contributed by atoms with Crippen LogP contribution >= 0.6 is 11.6 Å². The van der Waals surface area contributed by atoms with E-state index in [9.17, 15) is 9.18 Å². The molecule has 0 fully saturated rings. The fourth-order valence-corrected chi connectivity index (χ4v) is 3.03. The summed E-state index contributed by atoms with van der Waals surface area (Å²) in [5.74, 6) is -0.606. The molecule has 27 heavy (non-hydrogen) atoms. The summed E-state index contributed by atoms with van der Waals surface area (Å²) in [6, 6.07) is 15.0. The van der Waals surface area contributed by atoms with E-state index in [0.29, 0.717) is 16.4 Å². The molecule has 0 aliphatic rings. The fourth-order valence-electron chi connectivity index (χ4n) is 2.77. The Hall–Kier alpha value is -2.70. The van der Waals surface area contributed by atoms with Gasteiger partial charge < -0.3 is 10.1 Å². The van der Waals surface area contributed by atoms with Gasteiger partial charge in [-0.15, -0.1) is 0 Å². The van der Waals surface area contributed by atoms with Gasteiger partial charge in [0.15, 0.2) is 0 Å². The summed E-state index contributed by atoms with van der Waals surface area (Å²) in [5, 5.41) is 7.76. The maximum absolute atomic E-state index is 13.1. The molecule has 2 aromatic carbocycles. The molecular weight excluding hydrogens is 369 g/mol. The van der Waals surface area contributed by atoms with Crippen molar-refractivity contribution >= 4 is 17.5 Å². The zero-order valence-corrected chi connectivity index (χ0v) is 15.7. The average Bonchev–Trinajstić information content (AvgIpc) is 3.05. The largest absolute Gasteiger partial charge is 0.375 e. The van der Waals surface area contributed by atoms with Gasteiger partial charge in [-0.3, -0.25) is 9.48 Å². The molecule has 3 aromatic rings. The summed E-state index contributed by atoms with van der Waals surface area (Å²) in [6.07, 6.45) is -0.368. The van der Waals surface area contributed by atoms with E-state index in [2.05, 4.69) is 10.4 Å². The second-order valence-electron chi connectivity index (χ2n) is 6.00. The zero-order valence-electron chi connectivity index (χ0n) is 14.9. The molecule has 1 aromatic heterocycles. The average molecular weight is 388 g/mol. The standard InChI is InChI=1S/C20H19ClFN3O2/c1-25-18(11-17(24-25)13-7-9-14(22)10-8-13)20(26)23-12-19(27-2)15-5-3-4-6-16(15)21/h3-11,19H,12H2,1-2H3,(H,23,26)/t19-/m1/s1. The molecule has 0 saturated carbocycles. The van der Waals surface area contributed by atoms with Crippen LogP contribution in [0.2, 0.25) is 5.02 Å². The number of nitrogens with zero attached hydrogens (tertiary/aromatic N) is 2. The predicted molar refractivity (Wildman–Crippen MR) is 102 cm³/mol. The molecule has 1 atom stereocenters. The maximum Gasteiger partial charge on any atom is 0.269 e. The Morgan fingerprint density at radius 2 is 1.96 bits per heavy atom. The first-order valence-corrected chi connectivity index (χ1v) is 8.72. The molecule has 0 aliphatic heterocycles. The lowest BCUT2D eigenvalue weighted by Crippen LogP contribution is -2.30. The highest BCUT2D eigenvalue weighted by Gasteiger charge is 2.18. The monoisotopic (exact) mass is 387 g/mol. The third kappa shape index (κ3) is 4.35. The number of nitrogens with one attached hydrogen (secondary N) is 1. The van der Waals surface area contributed by atoms with Gasteiger partial charge in [0.1, 0.15) is 17.6 Å². The lowest BCUT2D eigenvalue weighted by Gasteiger charge is -2.17. The molecule has 0 bridgehead atoms. The maximum atomic E-state index is 13.1. The van der Waals surface area contributed by atoms with Crippen LogP contribution in [0.3, 0.4) is 0 Å². The van der Waals surface area contributed by atoms with Crippen LogP contribution in [0.15, 0.2) is 54.6 Å². The first-order chi connectivity index (χ1) is 13.0. The van der Waals surface area contributed by atoms with Gasteiger partial charge in [-0.2, -0.15) is 5.10 Å². The number of halogens is 2. The molecule has 1 amide bonds. The molecule has 0 radical (unpaired) electrons. The predicted octanol–water partition coefficient (Wildman–Crippen LogP) is 4.00. The van der Waals surface area contributed by atoms with E-state index in [1.54, 1.807) is 38.4 Å². The van der Waals surface area contributed by atoms with Crippen LogP contribution in [0.25, 0.3) is 11.3 Å². The van der Waals surface area contributed by atoms with Crippen molar-refractivity contribution in [2.24, 2.45) is 7.05 Å². The highest BCUT2D eigenvalue weighted by molar-refractivity contribution is 6.31. The molecule has 1 N–H and O–H groups in total. The third-order valence-electron chi connectivity index (χ3n) is 4.24. The number of hydrogen-bond acceptors (Lipinski definition) is 3. The van der Waals surface area contributed by atoms with Crippen molar-refractivity contribution in [2.45, 2.75) is 6.10 Å². The summed E-state index contributed by atoms with van der Waals surface area (Å²) < 4.78 is 20.0. The Balaban J connectivity index is 1.73. The van der Waals surface area contributed by atoms with Crippen LogP contribution in [0.5, 0.6) is 0 Å². The minimum absolute atomic E-state index is 0.260. The third-order valence-corrected chi connectivity index (χ3v) is 4.58. The van der Waals surface area contributed by atoms with Gasteiger partial charge in [-0.25, -0.2) is 4.39 Å². The van der Waals surface area contributed by atoms with Crippen molar-refractivity contribution in [3.8, 4) is 11.3 Å². The molecule has 140 valence electrons. The summed E-state index contributed by atoms with van der Waals surface area (Å²) in [6.45, 7) is 0.260. The minimum atomic E-state index is -0.368. The fraction of sp³-hybridized carbons (Fsp3) is 0.200. The van der Waals surface area contributed by atoms with Crippen LogP contribution in [0.1, 0.15) is 22.2 Å². The lowest BCUT2D eigenvalue weighted by atomic mass is 10.1. The molecule has 0 spiro atoms. The first kappa shape index (κ1) is 19.1. The van der Waals surface area contributed by atoms with Gasteiger partial charge in [0, 0.05) is 36.9 Å². The van der Waals surface area contributed by atoms with Crippen molar-refractivity contribution in [1.82, 2.24) is 15.1 Å². The van der Waals surface area contributed by atoms with E-state index < -0.39 is 0 Å². The number of methoxy groups -OCH3 is 1. The van der Waals surface area contributed by atoms with E-state index in [4.69, 9.17) is 16.3 Å². The molecule has 5 nitrogen and oxygen atoms in total. The Bertz CT molecular complexity index is 941. The summed E-state index contributed by atoms with van der Waals surface area (Å²) in [4.78, 5) is 12.6. The number of benzene rings is 2. The van der Waals surface area contributed by atoms with Gasteiger partial charge in [-0.05, 0) is 36.4 Å². The number of aryl methyl sites for hydroxylation is 1. The number of ether oxygens (including phenoxy) is 1. The van der Waals surface area contributed by atoms with E-state index >= 15 is 0 Å². The molecule has 1 heterocycles. The van der Waals surface area contributed by atoms with Crippen LogP contribution < -0.4 is 5.32 Å². The molecule has 0 unspecified atom stereocenters. The van der Waals surface area contributed by atoms with E-state index in [1.165, 1.54) is 16.8 Å². The Labute approximate surface area is 161 Å². The second kappa shape index (κ2) is 8.33. The van der Waals surface area contributed by atoms with E-state index in [0.717, 1.165) is 11.1 Å². The summed E-state index contributed by atoms with van der Waals surface area (Å²) in [5.41, 5.74) is 2.52. The number of hydrogen-bond donors (Lipinski definition) is 1. The van der Waals surface area contributed by atoms with Crippen molar-refractivity contribution in [1.29, 1.82) is 0 Å². The molecule has 3 rings (SSSR count). The quantitative estimate of drug-likeness (QED) is 0.695. The van der Waals surface area contributed by atoms with Gasteiger partial charge in [0.25, 0.3) is 5.91 Å². The summed E-state index contributed by atoms with van der Waals surface area (Å²) >= 11 is 6.20. The highest BCUT2D eigenvalue weighted by atomic mass is 35.5. The van der Waals surface area contributed by atoms with Gasteiger partial charge in [0.05, 0.1) is 5.69 Å². The van der Waals surface area contributed by atoms with Gasteiger partial charge >= 0.3 is 0 Å². The lowest BCUT2D eigenvalue weighted by molar-refractivity contribution is 0.0821. The Kier molecular flexibility index (Phi) is 5.88. The van der Waals surface area contributed by atoms with Crippen LogP contribution in [0, 0.1) is 5.82 Å². The van der Waals surface area contributed by atoms with Crippen molar-refractivity contribution in [3.63, 3.8) is 0 Å². The highest BCUT2D eigenvalue weighted by Crippen LogP contribution is 2.24. The Morgan fingerprint density at radius 3 is 2.63 bits per heavy atom. The SMILES string of the molecule is CO[C@H](CNC(=O)c1cc(-c2ccc(F)cc2)nn1C)c1ccccc1Cl. The number of rotatable bonds is 6. The molecule has 0 saturated heterocycles. The zero-order chi connectivity index (χ0) is 19.4. The molecule has 0 aliphatic carbocycles. The number of carbonyl (C=O) groups excluding carboxylic acids is 1. The summed E-state index contributed by atoms with van der Waals surface area (Å²) in [7, 11) is 3.25. The van der Waals surface area contributed by atoms with Crippen LogP contribution in [-0.4, -0.2) is 29.3 Å². The first-order valence-electron chi connectivity index (χ1n) is 8.35. The number of carbonyl (C=O) groups is 1. The van der Waals surface area contributed by atoms with Gasteiger partial charge in [0.2, 0.25) is 0 Å². The van der Waals surface area contributed by atoms with E-state index in [1.807, 2.05) is 18.2 Å². The van der Waals surface area contributed by atoms with Gasteiger partial charge in [-0.1, -0.05) is 29.8 Å². The molecular formula is C20H19ClFN3O2. The number of amides is 1. The molecule has 7 heteroatoms. The van der Waals surface area contributed by atoms with Crippen LogP contribution in [0.4, 0.5) is 4.39 Å². The second-order valence-corrected chi connectivity index (χ2v) is 6.41.